The Labute approximate surface area is 112 Å². The summed E-state index contributed by atoms with van der Waals surface area (Å²) in [6.45, 7) is 5.55. The van der Waals surface area contributed by atoms with Gasteiger partial charge in [0.25, 0.3) is 0 Å². The van der Waals surface area contributed by atoms with Crippen molar-refractivity contribution in [1.29, 1.82) is 0 Å². The van der Waals surface area contributed by atoms with Crippen LogP contribution in [0.4, 0.5) is 0 Å². The van der Waals surface area contributed by atoms with Gasteiger partial charge in [0.05, 0.1) is 11.7 Å². The maximum absolute atomic E-state index is 11.7. The van der Waals surface area contributed by atoms with Gasteiger partial charge in [-0.05, 0) is 37.8 Å². The van der Waals surface area contributed by atoms with Crippen molar-refractivity contribution in [2.24, 2.45) is 5.41 Å². The van der Waals surface area contributed by atoms with Crippen LogP contribution < -0.4 is 0 Å². The van der Waals surface area contributed by atoms with E-state index in [1.807, 2.05) is 19.9 Å². The lowest BCUT2D eigenvalue weighted by Crippen LogP contribution is -2.60. The van der Waals surface area contributed by atoms with Crippen LogP contribution in [0.1, 0.15) is 40.0 Å². The van der Waals surface area contributed by atoms with Crippen molar-refractivity contribution in [3.05, 3.63) is 22.8 Å². The minimum Gasteiger partial charge on any atom is -0.454 e. The lowest BCUT2D eigenvalue weighted by atomic mass is 9.54. The number of hydrogen-bond donors (Lipinski definition) is 2. The average molecular weight is 264 g/mol. The molecule has 0 aromatic heterocycles. The predicted molar refractivity (Wildman–Crippen MR) is 69.3 cm³/mol. The molecule has 104 valence electrons. The van der Waals surface area contributed by atoms with E-state index in [0.29, 0.717) is 24.8 Å². The number of carbonyl (C=O) groups excluding carboxylic acids is 1. The minimum atomic E-state index is -1.08. The predicted octanol–water partition coefficient (Wildman–Crippen LogP) is 1.47. The van der Waals surface area contributed by atoms with Crippen molar-refractivity contribution in [2.45, 2.75) is 57.8 Å². The molecule has 3 rings (SSSR count). The molecular formula is C15H20O4. The maximum Gasteiger partial charge on any atom is 0.334 e. The molecule has 4 nitrogen and oxygen atoms in total. The third-order valence-corrected chi connectivity index (χ3v) is 5.46. The summed E-state index contributed by atoms with van der Waals surface area (Å²) in [5.74, 6) is -0.290. The lowest BCUT2D eigenvalue weighted by molar-refractivity contribution is -0.162. The first-order chi connectivity index (χ1) is 8.79. The summed E-state index contributed by atoms with van der Waals surface area (Å²) in [6.07, 6.45) is 2.42. The highest BCUT2D eigenvalue weighted by atomic mass is 16.5. The zero-order chi connectivity index (χ0) is 14.0. The van der Waals surface area contributed by atoms with Gasteiger partial charge in [-0.3, -0.25) is 0 Å². The molecule has 1 aliphatic heterocycles. The van der Waals surface area contributed by atoms with E-state index in [9.17, 15) is 15.0 Å². The molecule has 1 fully saturated rings. The van der Waals surface area contributed by atoms with E-state index in [2.05, 4.69) is 0 Å². The Morgan fingerprint density at radius 2 is 2.11 bits per heavy atom. The number of ether oxygens (including phenoxy) is 1. The largest absolute Gasteiger partial charge is 0.454 e. The standard InChI is InChI=1S/C15H20O4/c1-8-4-5-12(16)14(3)7-11-10(6-15(8,14)18)9(2)13(17)19-11/h4,11-12,16,18H,5-7H2,1-3H3. The molecule has 1 saturated carbocycles. The van der Waals surface area contributed by atoms with Crippen molar-refractivity contribution in [3.63, 3.8) is 0 Å². The van der Waals surface area contributed by atoms with Crippen molar-refractivity contribution in [2.75, 3.05) is 0 Å². The smallest absolute Gasteiger partial charge is 0.334 e. The van der Waals surface area contributed by atoms with Gasteiger partial charge < -0.3 is 14.9 Å². The number of fused-ring (bicyclic) bond motifs is 2. The summed E-state index contributed by atoms with van der Waals surface area (Å²) in [6, 6.07) is 0. The van der Waals surface area contributed by atoms with E-state index in [4.69, 9.17) is 4.74 Å². The van der Waals surface area contributed by atoms with Crippen LogP contribution in [-0.4, -0.2) is 34.0 Å². The van der Waals surface area contributed by atoms with Gasteiger partial charge >= 0.3 is 5.97 Å². The first kappa shape index (κ1) is 12.9. The highest BCUT2D eigenvalue weighted by Crippen LogP contribution is 2.56. The van der Waals surface area contributed by atoms with Crippen LogP contribution in [0.3, 0.4) is 0 Å². The SMILES string of the molecule is CC1=CCC(O)C2(C)CC3OC(=O)C(C)=C3CC12O. The van der Waals surface area contributed by atoms with Crippen molar-refractivity contribution < 1.29 is 19.7 Å². The molecule has 2 N–H and O–H groups in total. The molecule has 4 unspecified atom stereocenters. The summed E-state index contributed by atoms with van der Waals surface area (Å²) in [5, 5.41) is 21.4. The van der Waals surface area contributed by atoms with Crippen molar-refractivity contribution in [1.82, 2.24) is 0 Å². The monoisotopic (exact) mass is 264 g/mol. The van der Waals surface area contributed by atoms with E-state index in [1.54, 1.807) is 6.92 Å². The van der Waals surface area contributed by atoms with Crippen LogP contribution in [0.25, 0.3) is 0 Å². The number of carbonyl (C=O) groups is 1. The molecule has 1 heterocycles. The van der Waals surface area contributed by atoms with Gasteiger partial charge in [-0.2, -0.15) is 0 Å². The molecule has 0 spiro atoms. The van der Waals surface area contributed by atoms with E-state index in [1.165, 1.54) is 0 Å². The number of hydrogen-bond acceptors (Lipinski definition) is 4. The minimum absolute atomic E-state index is 0.279. The van der Waals surface area contributed by atoms with Crippen LogP contribution in [0.5, 0.6) is 0 Å². The molecule has 2 aliphatic carbocycles. The fourth-order valence-electron chi connectivity index (χ4n) is 3.82. The molecule has 0 bridgehead atoms. The summed E-state index contributed by atoms with van der Waals surface area (Å²) in [7, 11) is 0. The van der Waals surface area contributed by atoms with Crippen LogP contribution in [0.2, 0.25) is 0 Å². The van der Waals surface area contributed by atoms with Crippen molar-refractivity contribution >= 4 is 5.97 Å². The zero-order valence-corrected chi connectivity index (χ0v) is 11.6. The van der Waals surface area contributed by atoms with Gasteiger partial charge in [-0.1, -0.05) is 13.0 Å². The summed E-state index contributed by atoms with van der Waals surface area (Å²) in [4.78, 5) is 11.7. The second-order valence-corrected chi connectivity index (χ2v) is 6.34. The molecule has 0 saturated heterocycles. The summed E-state index contributed by atoms with van der Waals surface area (Å²) in [5.41, 5.74) is 0.662. The highest BCUT2D eigenvalue weighted by Gasteiger charge is 2.60. The Morgan fingerprint density at radius 1 is 1.42 bits per heavy atom. The molecule has 0 amide bonds. The molecule has 19 heavy (non-hydrogen) atoms. The number of esters is 1. The Balaban J connectivity index is 2.11. The third-order valence-electron chi connectivity index (χ3n) is 5.46. The van der Waals surface area contributed by atoms with Gasteiger partial charge in [0.1, 0.15) is 6.10 Å². The summed E-state index contributed by atoms with van der Waals surface area (Å²) >= 11 is 0. The fraction of sp³-hybridized carbons (Fsp3) is 0.667. The van der Waals surface area contributed by atoms with Crippen LogP contribution in [0.15, 0.2) is 22.8 Å². The van der Waals surface area contributed by atoms with E-state index in [0.717, 1.165) is 11.1 Å². The number of aliphatic hydroxyl groups is 2. The van der Waals surface area contributed by atoms with Gasteiger partial charge in [-0.25, -0.2) is 4.79 Å². The quantitative estimate of drug-likeness (QED) is 0.513. The van der Waals surface area contributed by atoms with Crippen LogP contribution in [-0.2, 0) is 9.53 Å². The number of aliphatic hydroxyl groups excluding tert-OH is 1. The van der Waals surface area contributed by atoms with Gasteiger partial charge in [-0.15, -0.1) is 0 Å². The topological polar surface area (TPSA) is 66.8 Å². The van der Waals surface area contributed by atoms with Gasteiger partial charge in [0.2, 0.25) is 0 Å². The van der Waals surface area contributed by atoms with Gasteiger partial charge in [0.15, 0.2) is 0 Å². The Morgan fingerprint density at radius 3 is 2.79 bits per heavy atom. The second-order valence-electron chi connectivity index (χ2n) is 6.34. The van der Waals surface area contributed by atoms with Crippen LogP contribution >= 0.6 is 0 Å². The van der Waals surface area contributed by atoms with E-state index >= 15 is 0 Å². The Kier molecular flexibility index (Phi) is 2.51. The zero-order valence-electron chi connectivity index (χ0n) is 11.6. The van der Waals surface area contributed by atoms with Crippen LogP contribution in [0, 0.1) is 5.41 Å². The molecule has 4 heteroatoms. The second kappa shape index (κ2) is 3.70. The molecule has 4 atom stereocenters. The Hall–Kier alpha value is -1.13. The Bertz CT molecular complexity index is 518. The van der Waals surface area contributed by atoms with Crippen molar-refractivity contribution in [3.8, 4) is 0 Å². The summed E-state index contributed by atoms with van der Waals surface area (Å²) < 4.78 is 5.37. The molecule has 0 radical (unpaired) electrons. The van der Waals surface area contributed by atoms with Gasteiger partial charge in [0, 0.05) is 17.4 Å². The third kappa shape index (κ3) is 1.44. The molecule has 0 aromatic carbocycles. The first-order valence-electron chi connectivity index (χ1n) is 6.78. The molecular weight excluding hydrogens is 244 g/mol. The van der Waals surface area contributed by atoms with E-state index < -0.39 is 17.1 Å². The normalized spacial score (nSPS) is 45.5. The van der Waals surface area contributed by atoms with E-state index in [-0.39, 0.29) is 12.1 Å². The fourth-order valence-corrected chi connectivity index (χ4v) is 3.82. The molecule has 0 aromatic rings. The molecule has 3 aliphatic rings. The average Bonchev–Trinajstić information content (AvgIpc) is 2.61. The number of rotatable bonds is 0. The maximum atomic E-state index is 11.7. The highest BCUT2D eigenvalue weighted by molar-refractivity contribution is 5.91. The lowest BCUT2D eigenvalue weighted by Gasteiger charge is -2.55. The first-order valence-corrected chi connectivity index (χ1v) is 6.78.